The van der Waals surface area contributed by atoms with Gasteiger partial charge in [-0.2, -0.15) is 0 Å². The first kappa shape index (κ1) is 17.3. The van der Waals surface area contributed by atoms with Crippen molar-refractivity contribution >= 4 is 23.3 Å². The lowest BCUT2D eigenvalue weighted by molar-refractivity contribution is -0.143. The van der Waals surface area contributed by atoms with Gasteiger partial charge in [-0.15, -0.1) is 0 Å². The maximum absolute atomic E-state index is 12.5. The third kappa shape index (κ3) is 4.22. The smallest absolute Gasteiger partial charge is 0.338 e. The molecule has 1 aromatic rings. The van der Waals surface area contributed by atoms with Crippen molar-refractivity contribution in [2.75, 3.05) is 6.61 Å². The number of hydrogen-bond donors (Lipinski definition) is 2. The molecule has 0 aromatic heterocycles. The zero-order chi connectivity index (χ0) is 17.0. The van der Waals surface area contributed by atoms with Gasteiger partial charge in [0.2, 0.25) is 0 Å². The van der Waals surface area contributed by atoms with Crippen LogP contribution in [0.1, 0.15) is 39.3 Å². The molecule has 6 heteroatoms. The Hall–Kier alpha value is -2.08. The third-order valence-corrected chi connectivity index (χ3v) is 3.58. The van der Waals surface area contributed by atoms with E-state index in [0.717, 1.165) is 11.3 Å². The first-order valence-electron chi connectivity index (χ1n) is 7.64. The quantitative estimate of drug-likeness (QED) is 0.638. The highest BCUT2D eigenvalue weighted by molar-refractivity contribution is 7.80. The fraction of sp³-hybridized carbons (Fsp3) is 0.412. The highest BCUT2D eigenvalue weighted by Crippen LogP contribution is 2.29. The summed E-state index contributed by atoms with van der Waals surface area (Å²) >= 11 is 5.22. The molecule has 1 aliphatic rings. The highest BCUT2D eigenvalue weighted by atomic mass is 32.1. The Morgan fingerprint density at radius 1 is 1.30 bits per heavy atom. The molecule has 2 rings (SSSR count). The number of allylic oxidation sites excluding steroid dienone is 1. The van der Waals surface area contributed by atoms with E-state index in [-0.39, 0.29) is 18.1 Å². The monoisotopic (exact) mass is 334 g/mol. The summed E-state index contributed by atoms with van der Waals surface area (Å²) in [6.45, 7) is 8.03. The number of nitrogens with one attached hydrogen (secondary N) is 2. The van der Waals surface area contributed by atoms with Crippen LogP contribution in [0.2, 0.25) is 0 Å². The molecular formula is C17H22N2O3S. The van der Waals surface area contributed by atoms with Crippen LogP contribution in [0.25, 0.3) is 0 Å². The van der Waals surface area contributed by atoms with Gasteiger partial charge in [0.05, 0.1) is 24.3 Å². The molecular weight excluding hydrogens is 312 g/mol. The molecule has 1 unspecified atom stereocenters. The predicted molar refractivity (Wildman–Crippen MR) is 93.1 cm³/mol. The number of rotatable bonds is 5. The molecule has 0 saturated carbocycles. The number of esters is 1. The number of hydrogen-bond acceptors (Lipinski definition) is 4. The summed E-state index contributed by atoms with van der Waals surface area (Å²) in [5, 5.41) is 6.62. The molecule has 23 heavy (non-hydrogen) atoms. The molecule has 5 nitrogen and oxygen atoms in total. The summed E-state index contributed by atoms with van der Waals surface area (Å²) in [5.41, 5.74) is 2.17. The molecule has 0 radical (unpaired) electrons. The van der Waals surface area contributed by atoms with Crippen molar-refractivity contribution in [1.29, 1.82) is 0 Å². The average molecular weight is 334 g/mol. The van der Waals surface area contributed by atoms with Crippen LogP contribution in [-0.2, 0) is 9.53 Å². The van der Waals surface area contributed by atoms with Gasteiger partial charge in [0.15, 0.2) is 5.11 Å². The largest absolute Gasteiger partial charge is 0.494 e. The maximum atomic E-state index is 12.5. The van der Waals surface area contributed by atoms with Gasteiger partial charge in [0.1, 0.15) is 5.75 Å². The lowest BCUT2D eigenvalue weighted by Gasteiger charge is -2.30. The number of thiocarbonyl (C=S) groups is 1. The van der Waals surface area contributed by atoms with E-state index in [4.69, 9.17) is 21.7 Å². The van der Waals surface area contributed by atoms with Gasteiger partial charge in [0.25, 0.3) is 0 Å². The van der Waals surface area contributed by atoms with E-state index in [1.165, 1.54) is 0 Å². The molecule has 0 saturated heterocycles. The summed E-state index contributed by atoms with van der Waals surface area (Å²) < 4.78 is 10.8. The fourth-order valence-electron chi connectivity index (χ4n) is 2.42. The van der Waals surface area contributed by atoms with E-state index < -0.39 is 0 Å². The Balaban J connectivity index is 2.34. The lowest BCUT2D eigenvalue weighted by atomic mass is 9.95. The zero-order valence-corrected chi connectivity index (χ0v) is 14.6. The number of ether oxygens (including phenoxy) is 2. The molecule has 2 N–H and O–H groups in total. The van der Waals surface area contributed by atoms with Crippen molar-refractivity contribution < 1.29 is 14.3 Å². The van der Waals surface area contributed by atoms with E-state index in [2.05, 4.69) is 10.6 Å². The van der Waals surface area contributed by atoms with E-state index in [1.807, 2.05) is 52.0 Å². The van der Waals surface area contributed by atoms with Gasteiger partial charge in [0, 0.05) is 5.70 Å². The number of carbonyl (C=O) groups excluding carboxylic acids is 1. The van der Waals surface area contributed by atoms with Crippen molar-refractivity contribution in [3.05, 3.63) is 41.1 Å². The number of benzene rings is 1. The topological polar surface area (TPSA) is 59.6 Å². The highest BCUT2D eigenvalue weighted by Gasteiger charge is 2.31. The standard InChI is InChI=1S/C17H22N2O3S/c1-5-21-13-8-6-12(7-9-13)15-14(16(20)22-10(2)3)11(4)18-17(23)19-15/h6-10,15H,5H2,1-4H3,(H2,18,19,23). The van der Waals surface area contributed by atoms with Crippen molar-refractivity contribution in [3.8, 4) is 5.75 Å². The van der Waals surface area contributed by atoms with Crippen LogP contribution in [0.3, 0.4) is 0 Å². The summed E-state index contributed by atoms with van der Waals surface area (Å²) in [6.07, 6.45) is -0.183. The first-order valence-corrected chi connectivity index (χ1v) is 8.05. The van der Waals surface area contributed by atoms with E-state index in [1.54, 1.807) is 0 Å². The van der Waals surface area contributed by atoms with Crippen LogP contribution in [0.5, 0.6) is 5.75 Å². The van der Waals surface area contributed by atoms with E-state index in [9.17, 15) is 4.79 Å². The SMILES string of the molecule is CCOc1ccc(C2NC(=S)NC(C)=C2C(=O)OC(C)C)cc1. The Morgan fingerprint density at radius 2 is 1.96 bits per heavy atom. The molecule has 0 aliphatic carbocycles. The Kier molecular flexibility index (Phi) is 5.60. The van der Waals surface area contributed by atoms with E-state index in [0.29, 0.717) is 23.0 Å². The average Bonchev–Trinajstić information content (AvgIpc) is 2.46. The molecule has 1 heterocycles. The molecule has 0 bridgehead atoms. The second kappa shape index (κ2) is 7.46. The van der Waals surface area contributed by atoms with Gasteiger partial charge in [-0.25, -0.2) is 4.79 Å². The molecule has 1 atom stereocenters. The van der Waals surface area contributed by atoms with Crippen molar-refractivity contribution in [3.63, 3.8) is 0 Å². The van der Waals surface area contributed by atoms with Gasteiger partial charge in [-0.1, -0.05) is 12.1 Å². The first-order chi connectivity index (χ1) is 10.9. The van der Waals surface area contributed by atoms with Crippen molar-refractivity contribution in [2.45, 2.75) is 39.8 Å². The zero-order valence-electron chi connectivity index (χ0n) is 13.8. The normalized spacial score (nSPS) is 17.6. The molecule has 0 amide bonds. The summed E-state index contributed by atoms with van der Waals surface area (Å²) in [5.74, 6) is 0.443. The minimum atomic E-state index is -0.348. The van der Waals surface area contributed by atoms with Crippen LogP contribution in [-0.4, -0.2) is 23.8 Å². The Morgan fingerprint density at radius 3 is 2.52 bits per heavy atom. The summed E-state index contributed by atoms with van der Waals surface area (Å²) in [6, 6.07) is 7.27. The van der Waals surface area contributed by atoms with Crippen molar-refractivity contribution in [2.24, 2.45) is 0 Å². The molecule has 0 spiro atoms. The second-order valence-electron chi connectivity index (χ2n) is 5.53. The summed E-state index contributed by atoms with van der Waals surface area (Å²) in [7, 11) is 0. The molecule has 1 aromatic carbocycles. The summed E-state index contributed by atoms with van der Waals surface area (Å²) in [4.78, 5) is 12.5. The van der Waals surface area contributed by atoms with Gasteiger partial charge in [-0.05, 0) is 57.6 Å². The maximum Gasteiger partial charge on any atom is 0.338 e. The van der Waals surface area contributed by atoms with Gasteiger partial charge >= 0.3 is 5.97 Å². The van der Waals surface area contributed by atoms with Crippen LogP contribution in [0.15, 0.2) is 35.5 Å². The van der Waals surface area contributed by atoms with Crippen LogP contribution in [0, 0.1) is 0 Å². The van der Waals surface area contributed by atoms with Gasteiger partial charge < -0.3 is 20.1 Å². The van der Waals surface area contributed by atoms with E-state index >= 15 is 0 Å². The van der Waals surface area contributed by atoms with Gasteiger partial charge in [-0.3, -0.25) is 0 Å². The number of carbonyl (C=O) groups is 1. The van der Waals surface area contributed by atoms with Crippen molar-refractivity contribution in [1.82, 2.24) is 10.6 Å². The minimum Gasteiger partial charge on any atom is -0.494 e. The lowest BCUT2D eigenvalue weighted by Crippen LogP contribution is -2.45. The van der Waals surface area contributed by atoms with Crippen LogP contribution in [0.4, 0.5) is 0 Å². The Labute approximate surface area is 142 Å². The molecule has 124 valence electrons. The Bertz CT molecular complexity index is 623. The fourth-order valence-corrected chi connectivity index (χ4v) is 2.69. The minimum absolute atomic E-state index is 0.183. The second-order valence-corrected chi connectivity index (χ2v) is 5.93. The van der Waals surface area contributed by atoms with Crippen LogP contribution >= 0.6 is 12.2 Å². The van der Waals surface area contributed by atoms with Crippen LogP contribution < -0.4 is 15.4 Å². The predicted octanol–water partition coefficient (Wildman–Crippen LogP) is 2.83. The third-order valence-electron chi connectivity index (χ3n) is 3.36. The molecule has 1 aliphatic heterocycles. The molecule has 0 fully saturated rings.